The van der Waals surface area contributed by atoms with Gasteiger partial charge in [-0.25, -0.2) is 19.4 Å². The van der Waals surface area contributed by atoms with Crippen LogP contribution < -0.4 is 5.63 Å². The molecule has 4 rings (SSSR count). The SMILES string of the molecule is CC.Cc1cc(C)c2nc(-c3cc(C(F)(F)F)nn3-c3ncccc3Cl)oc(=O)c2c1. The van der Waals surface area contributed by atoms with E-state index in [9.17, 15) is 18.0 Å². The standard InChI is InChI=1S/C19H12ClF3N4O2.C2H6/c1-9-6-10(2)15-11(7-9)18(28)29-17(25-15)13-8-14(19(21,22)23)26-27(13)16-12(20)4-3-5-24-16;1-2/h3-8H,1-2H3;1-2H3. The van der Waals surface area contributed by atoms with Crippen LogP contribution in [0.25, 0.3) is 28.3 Å². The molecule has 0 atom stereocenters. The molecule has 0 fully saturated rings. The van der Waals surface area contributed by atoms with Gasteiger partial charge in [-0.15, -0.1) is 0 Å². The zero-order valence-electron chi connectivity index (χ0n) is 17.1. The average molecular weight is 451 g/mol. The van der Waals surface area contributed by atoms with E-state index in [1.54, 1.807) is 13.0 Å². The molecule has 0 amide bonds. The molecule has 0 bridgehead atoms. The van der Waals surface area contributed by atoms with Crippen molar-refractivity contribution in [2.24, 2.45) is 0 Å². The van der Waals surface area contributed by atoms with Crippen LogP contribution in [0.15, 0.2) is 45.7 Å². The van der Waals surface area contributed by atoms with Crippen LogP contribution in [0.3, 0.4) is 0 Å². The van der Waals surface area contributed by atoms with E-state index in [0.29, 0.717) is 11.1 Å². The normalized spacial score (nSPS) is 11.4. The Bertz CT molecular complexity index is 1310. The van der Waals surface area contributed by atoms with Crippen molar-refractivity contribution >= 4 is 22.5 Å². The molecule has 0 aliphatic carbocycles. The minimum absolute atomic E-state index is 0.0511. The number of alkyl halides is 3. The first-order valence-electron chi connectivity index (χ1n) is 9.36. The Labute approximate surface area is 180 Å². The van der Waals surface area contributed by atoms with Crippen molar-refractivity contribution in [3.05, 3.63) is 68.8 Å². The third-order valence-electron chi connectivity index (χ3n) is 4.23. The summed E-state index contributed by atoms with van der Waals surface area (Å²) in [5.41, 5.74) is -0.259. The number of halogens is 4. The quantitative estimate of drug-likeness (QED) is 0.388. The number of rotatable bonds is 2. The van der Waals surface area contributed by atoms with Crippen LogP contribution in [0, 0.1) is 13.8 Å². The van der Waals surface area contributed by atoms with E-state index in [2.05, 4.69) is 15.1 Å². The van der Waals surface area contributed by atoms with Gasteiger partial charge in [0, 0.05) is 12.3 Å². The van der Waals surface area contributed by atoms with Gasteiger partial charge in [0.15, 0.2) is 11.5 Å². The van der Waals surface area contributed by atoms with Crippen molar-refractivity contribution in [1.29, 1.82) is 0 Å². The highest BCUT2D eigenvalue weighted by Crippen LogP contribution is 2.33. The molecule has 0 aliphatic rings. The number of aromatic nitrogens is 4. The number of hydrogen-bond acceptors (Lipinski definition) is 5. The number of hydrogen-bond donors (Lipinski definition) is 0. The fraction of sp³-hybridized carbons (Fsp3) is 0.238. The molecule has 6 nitrogen and oxygen atoms in total. The molecule has 1 aromatic carbocycles. The molecular weight excluding hydrogens is 433 g/mol. The number of fused-ring (bicyclic) bond motifs is 1. The predicted octanol–water partition coefficient (Wildman–Crippen LogP) is 5.75. The number of aryl methyl sites for hydroxylation is 2. The van der Waals surface area contributed by atoms with Gasteiger partial charge in [-0.3, -0.25) is 0 Å². The van der Waals surface area contributed by atoms with Crippen LogP contribution in [0.1, 0.15) is 30.7 Å². The van der Waals surface area contributed by atoms with Gasteiger partial charge in [-0.1, -0.05) is 31.5 Å². The maximum atomic E-state index is 13.3. The lowest BCUT2D eigenvalue weighted by Gasteiger charge is -2.08. The van der Waals surface area contributed by atoms with E-state index in [1.165, 1.54) is 18.3 Å². The van der Waals surface area contributed by atoms with Crippen LogP contribution in [-0.4, -0.2) is 19.7 Å². The second kappa shape index (κ2) is 8.50. The zero-order valence-corrected chi connectivity index (χ0v) is 17.8. The summed E-state index contributed by atoms with van der Waals surface area (Å²) in [6.07, 6.45) is -3.37. The van der Waals surface area contributed by atoms with Gasteiger partial charge in [0.2, 0.25) is 5.89 Å². The lowest BCUT2D eigenvalue weighted by molar-refractivity contribution is -0.141. The van der Waals surface area contributed by atoms with Crippen LogP contribution in [0.2, 0.25) is 5.02 Å². The molecule has 31 heavy (non-hydrogen) atoms. The minimum Gasteiger partial charge on any atom is -0.401 e. The van der Waals surface area contributed by atoms with Gasteiger partial charge in [0.1, 0.15) is 5.69 Å². The van der Waals surface area contributed by atoms with Gasteiger partial charge in [-0.05, 0) is 43.2 Å². The molecule has 10 heteroatoms. The maximum Gasteiger partial charge on any atom is 0.435 e. The summed E-state index contributed by atoms with van der Waals surface area (Å²) in [7, 11) is 0. The van der Waals surface area contributed by atoms with Gasteiger partial charge in [-0.2, -0.15) is 18.3 Å². The first-order chi connectivity index (χ1) is 14.6. The molecule has 0 N–H and O–H groups in total. The van der Waals surface area contributed by atoms with E-state index in [4.69, 9.17) is 16.0 Å². The van der Waals surface area contributed by atoms with Crippen molar-refractivity contribution in [3.8, 4) is 17.4 Å². The predicted molar refractivity (Wildman–Crippen MR) is 111 cm³/mol. The lowest BCUT2D eigenvalue weighted by atomic mass is 10.1. The molecule has 0 aliphatic heterocycles. The summed E-state index contributed by atoms with van der Waals surface area (Å²) in [6.45, 7) is 7.56. The van der Waals surface area contributed by atoms with Crippen LogP contribution >= 0.6 is 11.6 Å². The highest BCUT2D eigenvalue weighted by Gasteiger charge is 2.36. The number of nitrogens with zero attached hydrogens (tertiary/aromatic N) is 4. The summed E-state index contributed by atoms with van der Waals surface area (Å²) >= 11 is 6.09. The van der Waals surface area contributed by atoms with Crippen LogP contribution in [0.4, 0.5) is 13.2 Å². The lowest BCUT2D eigenvalue weighted by Crippen LogP contribution is -2.09. The van der Waals surface area contributed by atoms with E-state index in [1.807, 2.05) is 26.8 Å². The Balaban J connectivity index is 0.00000132. The molecule has 4 aromatic rings. The van der Waals surface area contributed by atoms with Gasteiger partial charge in [0.05, 0.1) is 15.9 Å². The summed E-state index contributed by atoms with van der Waals surface area (Å²) in [5, 5.41) is 3.89. The molecule has 3 heterocycles. The van der Waals surface area contributed by atoms with Crippen molar-refractivity contribution < 1.29 is 17.6 Å². The van der Waals surface area contributed by atoms with Crippen LogP contribution in [-0.2, 0) is 6.18 Å². The number of benzene rings is 1. The Morgan fingerprint density at radius 2 is 1.84 bits per heavy atom. The highest BCUT2D eigenvalue weighted by molar-refractivity contribution is 6.32. The maximum absolute atomic E-state index is 13.3. The molecule has 0 unspecified atom stereocenters. The van der Waals surface area contributed by atoms with Crippen molar-refractivity contribution in [1.82, 2.24) is 19.7 Å². The van der Waals surface area contributed by atoms with Crippen molar-refractivity contribution in [2.75, 3.05) is 0 Å². The summed E-state index contributed by atoms with van der Waals surface area (Å²) in [4.78, 5) is 20.8. The summed E-state index contributed by atoms with van der Waals surface area (Å²) in [5.74, 6) is -0.371. The average Bonchev–Trinajstić information content (AvgIpc) is 3.16. The molecule has 0 spiro atoms. The smallest absolute Gasteiger partial charge is 0.401 e. The van der Waals surface area contributed by atoms with Crippen LogP contribution in [0.5, 0.6) is 0 Å². The topological polar surface area (TPSA) is 73.8 Å². The Hall–Kier alpha value is -3.20. The second-order valence-electron chi connectivity index (χ2n) is 6.42. The summed E-state index contributed by atoms with van der Waals surface area (Å²) < 4.78 is 46.1. The van der Waals surface area contributed by atoms with Gasteiger partial charge >= 0.3 is 11.8 Å². The Morgan fingerprint density at radius 3 is 2.48 bits per heavy atom. The Kier molecular flexibility index (Phi) is 6.17. The Morgan fingerprint density at radius 1 is 1.13 bits per heavy atom. The number of pyridine rings is 1. The fourth-order valence-corrected chi connectivity index (χ4v) is 3.21. The highest BCUT2D eigenvalue weighted by atomic mass is 35.5. The fourth-order valence-electron chi connectivity index (χ4n) is 3.01. The van der Waals surface area contributed by atoms with Gasteiger partial charge < -0.3 is 4.42 Å². The van der Waals surface area contributed by atoms with Gasteiger partial charge in [0.25, 0.3) is 0 Å². The zero-order chi connectivity index (χ0) is 22.9. The molecule has 0 saturated heterocycles. The molecule has 162 valence electrons. The van der Waals surface area contributed by atoms with E-state index in [-0.39, 0.29) is 27.8 Å². The molecular formula is C21H18ClF3N4O2. The molecule has 3 aromatic heterocycles. The van der Waals surface area contributed by atoms with E-state index < -0.39 is 17.5 Å². The third-order valence-corrected chi connectivity index (χ3v) is 4.52. The second-order valence-corrected chi connectivity index (χ2v) is 6.82. The van der Waals surface area contributed by atoms with Crippen molar-refractivity contribution in [2.45, 2.75) is 33.9 Å². The van der Waals surface area contributed by atoms with E-state index in [0.717, 1.165) is 16.3 Å². The largest absolute Gasteiger partial charge is 0.435 e. The third kappa shape index (κ3) is 4.32. The monoisotopic (exact) mass is 450 g/mol. The summed E-state index contributed by atoms with van der Waals surface area (Å²) in [6, 6.07) is 7.15. The minimum atomic E-state index is -4.73. The molecule has 0 saturated carbocycles. The first-order valence-corrected chi connectivity index (χ1v) is 9.73. The van der Waals surface area contributed by atoms with Crippen molar-refractivity contribution in [3.63, 3.8) is 0 Å². The molecule has 0 radical (unpaired) electrons. The first kappa shape index (κ1) is 22.5. The van der Waals surface area contributed by atoms with E-state index >= 15 is 0 Å².